The molecule has 0 atom stereocenters. The van der Waals surface area contributed by atoms with E-state index in [1.54, 1.807) is 13.0 Å². The molecule has 0 fully saturated rings. The fourth-order valence-electron chi connectivity index (χ4n) is 2.19. The van der Waals surface area contributed by atoms with E-state index in [2.05, 4.69) is 4.98 Å². The van der Waals surface area contributed by atoms with Crippen LogP contribution in [0.2, 0.25) is 0 Å². The first-order valence-corrected chi connectivity index (χ1v) is 6.52. The number of H-pyrrole nitrogens is 1. The number of nitrogens with zero attached hydrogens (tertiary/aromatic N) is 1. The minimum absolute atomic E-state index is 0.0915. The van der Waals surface area contributed by atoms with Crippen molar-refractivity contribution in [2.75, 3.05) is 6.61 Å². The van der Waals surface area contributed by atoms with Gasteiger partial charge in [-0.15, -0.1) is 0 Å². The number of nitrogens with one attached hydrogen (secondary N) is 1. The van der Waals surface area contributed by atoms with Gasteiger partial charge in [0.1, 0.15) is 5.75 Å². The molecule has 0 bridgehead atoms. The van der Waals surface area contributed by atoms with E-state index in [-0.39, 0.29) is 12.0 Å². The van der Waals surface area contributed by atoms with Gasteiger partial charge in [0.05, 0.1) is 23.8 Å². The number of hydrogen-bond donors (Lipinski definition) is 2. The van der Waals surface area contributed by atoms with Gasteiger partial charge in [0.15, 0.2) is 5.56 Å². The molecule has 0 saturated carbocycles. The number of rotatable bonds is 3. The molecule has 2 N–H and O–H groups in total. The first-order chi connectivity index (χ1) is 10.0. The summed E-state index contributed by atoms with van der Waals surface area (Å²) in [5, 5.41) is 19.5. The number of hydrogen-bond acceptors (Lipinski definition) is 5. The number of aryl methyl sites for hydroxylation is 1. The van der Waals surface area contributed by atoms with Gasteiger partial charge < -0.3 is 14.8 Å². The van der Waals surface area contributed by atoms with Crippen LogP contribution in [0.15, 0.2) is 16.9 Å². The van der Waals surface area contributed by atoms with Crippen LogP contribution in [0.3, 0.4) is 0 Å². The third kappa shape index (κ3) is 2.46. The van der Waals surface area contributed by atoms with Crippen molar-refractivity contribution in [1.82, 2.24) is 4.98 Å². The summed E-state index contributed by atoms with van der Waals surface area (Å²) in [6.45, 7) is 3.56. The molecule has 2 rings (SSSR count). The van der Waals surface area contributed by atoms with Crippen molar-refractivity contribution in [3.63, 3.8) is 0 Å². The van der Waals surface area contributed by atoms with Crippen LogP contribution in [0.1, 0.15) is 35.3 Å². The maximum absolute atomic E-state index is 12.0. The van der Waals surface area contributed by atoms with Gasteiger partial charge in [0, 0.05) is 5.39 Å². The number of carbonyl (C=O) groups excluding carboxylic acids is 1. The molecular weight excluding hydrogens is 272 g/mol. The predicted octanol–water partition coefficient (Wildman–Crippen LogP) is 1.84. The molecule has 21 heavy (non-hydrogen) atoms. The summed E-state index contributed by atoms with van der Waals surface area (Å²) < 4.78 is 4.77. The standard InChI is InChI=1S/C15H14N2O4/c1-3-9-5-8(7-16)6-10-12(9)17-14(19)11(13(10)18)15(20)21-4-2/h5-6H,3-4H2,1-2H3,(H2,17,18,19). The van der Waals surface area contributed by atoms with Crippen molar-refractivity contribution in [1.29, 1.82) is 5.26 Å². The van der Waals surface area contributed by atoms with Gasteiger partial charge in [0.25, 0.3) is 5.56 Å². The van der Waals surface area contributed by atoms with Gasteiger partial charge in [-0.3, -0.25) is 4.79 Å². The molecule has 0 saturated heterocycles. The summed E-state index contributed by atoms with van der Waals surface area (Å²) >= 11 is 0. The molecule has 0 spiro atoms. The number of benzene rings is 1. The van der Waals surface area contributed by atoms with E-state index in [1.807, 2.05) is 13.0 Å². The zero-order valence-corrected chi connectivity index (χ0v) is 11.7. The number of aromatic amines is 1. The normalized spacial score (nSPS) is 10.3. The second-order valence-electron chi connectivity index (χ2n) is 4.42. The minimum atomic E-state index is -0.890. The van der Waals surface area contributed by atoms with Crippen LogP contribution in [0, 0.1) is 11.3 Å². The van der Waals surface area contributed by atoms with Gasteiger partial charge in [-0.05, 0) is 31.0 Å². The van der Waals surface area contributed by atoms with Crippen LogP contribution < -0.4 is 5.56 Å². The molecule has 0 unspecified atom stereocenters. The lowest BCUT2D eigenvalue weighted by Crippen LogP contribution is -2.20. The van der Waals surface area contributed by atoms with Crippen molar-refractivity contribution >= 4 is 16.9 Å². The molecule has 1 aromatic heterocycles. The predicted molar refractivity (Wildman–Crippen MR) is 76.3 cm³/mol. The monoisotopic (exact) mass is 286 g/mol. The summed E-state index contributed by atoms with van der Waals surface area (Å²) in [7, 11) is 0. The van der Waals surface area contributed by atoms with Crippen molar-refractivity contribution in [3.8, 4) is 11.8 Å². The Hall–Kier alpha value is -2.81. The van der Waals surface area contributed by atoms with Gasteiger partial charge >= 0.3 is 5.97 Å². The van der Waals surface area contributed by atoms with E-state index < -0.39 is 22.8 Å². The summed E-state index contributed by atoms with van der Waals surface area (Å²) in [5.74, 6) is -1.35. The number of fused-ring (bicyclic) bond motifs is 1. The van der Waals surface area contributed by atoms with E-state index in [1.165, 1.54) is 6.07 Å². The molecule has 1 heterocycles. The fraction of sp³-hybridized carbons (Fsp3) is 0.267. The highest BCUT2D eigenvalue weighted by Crippen LogP contribution is 2.29. The Morgan fingerprint density at radius 2 is 2.14 bits per heavy atom. The zero-order chi connectivity index (χ0) is 15.6. The summed E-state index contributed by atoms with van der Waals surface area (Å²) in [6, 6.07) is 5.06. The molecular formula is C15H14N2O4. The lowest BCUT2D eigenvalue weighted by atomic mass is 10.0. The van der Waals surface area contributed by atoms with E-state index in [0.717, 1.165) is 0 Å². The zero-order valence-electron chi connectivity index (χ0n) is 11.7. The van der Waals surface area contributed by atoms with Crippen molar-refractivity contribution in [2.45, 2.75) is 20.3 Å². The lowest BCUT2D eigenvalue weighted by Gasteiger charge is -2.10. The second-order valence-corrected chi connectivity index (χ2v) is 4.42. The van der Waals surface area contributed by atoms with Crippen molar-refractivity contribution < 1.29 is 14.6 Å². The van der Waals surface area contributed by atoms with E-state index in [4.69, 9.17) is 10.00 Å². The van der Waals surface area contributed by atoms with Crippen LogP contribution in [0.25, 0.3) is 10.9 Å². The topological polar surface area (TPSA) is 103 Å². The first kappa shape index (κ1) is 14.6. The summed E-state index contributed by atoms with van der Waals surface area (Å²) in [4.78, 5) is 26.4. The van der Waals surface area contributed by atoms with Gasteiger partial charge in [-0.2, -0.15) is 5.26 Å². The molecule has 6 nitrogen and oxygen atoms in total. The fourth-order valence-corrected chi connectivity index (χ4v) is 2.19. The number of nitriles is 1. The third-order valence-electron chi connectivity index (χ3n) is 3.17. The van der Waals surface area contributed by atoms with Crippen LogP contribution in [0.4, 0.5) is 0 Å². The molecule has 108 valence electrons. The van der Waals surface area contributed by atoms with Gasteiger partial charge in [0.2, 0.25) is 0 Å². The third-order valence-corrected chi connectivity index (χ3v) is 3.17. The van der Waals surface area contributed by atoms with E-state index in [0.29, 0.717) is 23.1 Å². The molecule has 0 amide bonds. The lowest BCUT2D eigenvalue weighted by molar-refractivity contribution is 0.0521. The first-order valence-electron chi connectivity index (χ1n) is 6.52. The molecule has 0 aliphatic carbocycles. The van der Waals surface area contributed by atoms with Crippen molar-refractivity contribution in [3.05, 3.63) is 39.2 Å². The largest absolute Gasteiger partial charge is 0.506 e. The highest BCUT2D eigenvalue weighted by Gasteiger charge is 2.21. The Balaban J connectivity index is 2.86. The van der Waals surface area contributed by atoms with Crippen LogP contribution in [0.5, 0.6) is 5.75 Å². The molecule has 1 aromatic carbocycles. The van der Waals surface area contributed by atoms with Crippen LogP contribution >= 0.6 is 0 Å². The maximum Gasteiger partial charge on any atom is 0.347 e. The highest BCUT2D eigenvalue weighted by molar-refractivity contribution is 6.00. The van der Waals surface area contributed by atoms with Crippen LogP contribution in [-0.2, 0) is 11.2 Å². The highest BCUT2D eigenvalue weighted by atomic mass is 16.5. The number of carbonyl (C=O) groups is 1. The number of aromatic nitrogens is 1. The van der Waals surface area contributed by atoms with Crippen molar-refractivity contribution in [2.24, 2.45) is 0 Å². The Morgan fingerprint density at radius 1 is 1.43 bits per heavy atom. The SMILES string of the molecule is CCOC(=O)c1c(O)c2cc(C#N)cc(CC)c2[nH]c1=O. The number of pyridine rings is 1. The molecule has 0 aliphatic rings. The maximum atomic E-state index is 12.0. The van der Waals surface area contributed by atoms with Gasteiger partial charge in [-0.1, -0.05) is 6.92 Å². The van der Waals surface area contributed by atoms with E-state index in [9.17, 15) is 14.7 Å². The minimum Gasteiger partial charge on any atom is -0.506 e. The second kappa shape index (κ2) is 5.67. The van der Waals surface area contributed by atoms with Crippen LogP contribution in [-0.4, -0.2) is 22.7 Å². The van der Waals surface area contributed by atoms with Gasteiger partial charge in [-0.25, -0.2) is 4.79 Å². The van der Waals surface area contributed by atoms with E-state index >= 15 is 0 Å². The summed E-state index contributed by atoms with van der Waals surface area (Å²) in [5.41, 5.74) is 0.328. The average Bonchev–Trinajstić information content (AvgIpc) is 2.46. The quantitative estimate of drug-likeness (QED) is 0.838. The Bertz CT molecular complexity index is 815. The summed E-state index contributed by atoms with van der Waals surface area (Å²) in [6.07, 6.45) is 0.570. The molecule has 0 radical (unpaired) electrons. The number of aromatic hydroxyl groups is 1. The Labute approximate surface area is 120 Å². The Kier molecular flexibility index (Phi) is 3.94. The molecule has 2 aromatic rings. The molecule has 0 aliphatic heterocycles. The molecule has 6 heteroatoms. The number of ether oxygens (including phenoxy) is 1. The average molecular weight is 286 g/mol. The number of esters is 1. The smallest absolute Gasteiger partial charge is 0.347 e. The Morgan fingerprint density at radius 3 is 2.71 bits per heavy atom.